The summed E-state index contributed by atoms with van der Waals surface area (Å²) in [5, 5.41) is 12.6. The zero-order valence-electron chi connectivity index (χ0n) is 12.5. The number of carbonyl (C=O) groups is 2. The van der Waals surface area contributed by atoms with E-state index in [4.69, 9.17) is 0 Å². The molecule has 2 saturated carbocycles. The number of carbonyl (C=O) groups excluding carboxylic acids is 1. The molecule has 0 aromatic heterocycles. The van der Waals surface area contributed by atoms with Gasteiger partial charge in [-0.2, -0.15) is 0 Å². The number of aliphatic carboxylic acids is 1. The summed E-state index contributed by atoms with van der Waals surface area (Å²) in [7, 11) is 0. The first kappa shape index (κ1) is 15.3. The van der Waals surface area contributed by atoms with Crippen molar-refractivity contribution in [1.29, 1.82) is 0 Å². The van der Waals surface area contributed by atoms with E-state index in [1.54, 1.807) is 0 Å². The van der Waals surface area contributed by atoms with Gasteiger partial charge in [-0.05, 0) is 31.6 Å². The van der Waals surface area contributed by atoms with Gasteiger partial charge in [-0.1, -0.05) is 39.0 Å². The second-order valence-corrected chi connectivity index (χ2v) is 6.63. The molecule has 4 heteroatoms. The highest BCUT2D eigenvalue weighted by atomic mass is 16.4. The van der Waals surface area contributed by atoms with Crippen molar-refractivity contribution in [3.8, 4) is 0 Å². The fourth-order valence-electron chi connectivity index (χ4n) is 3.55. The van der Waals surface area contributed by atoms with Gasteiger partial charge in [0.1, 0.15) is 0 Å². The zero-order valence-corrected chi connectivity index (χ0v) is 12.5. The van der Waals surface area contributed by atoms with Gasteiger partial charge in [0.25, 0.3) is 0 Å². The average Bonchev–Trinajstić information content (AvgIpc) is 3.14. The maximum absolute atomic E-state index is 12.2. The monoisotopic (exact) mass is 281 g/mol. The van der Waals surface area contributed by atoms with E-state index in [0.717, 1.165) is 44.9 Å². The summed E-state index contributed by atoms with van der Waals surface area (Å²) >= 11 is 0. The van der Waals surface area contributed by atoms with Crippen molar-refractivity contribution < 1.29 is 14.7 Å². The zero-order chi connectivity index (χ0) is 14.6. The molecular formula is C16H27NO3. The fourth-order valence-corrected chi connectivity index (χ4v) is 3.55. The van der Waals surface area contributed by atoms with Crippen LogP contribution in [0.25, 0.3) is 0 Å². The van der Waals surface area contributed by atoms with E-state index in [-0.39, 0.29) is 12.3 Å². The number of hydrogen-bond donors (Lipinski definition) is 2. The van der Waals surface area contributed by atoms with Gasteiger partial charge in [0.15, 0.2) is 0 Å². The molecule has 0 heterocycles. The quantitative estimate of drug-likeness (QED) is 0.735. The second kappa shape index (κ2) is 6.59. The van der Waals surface area contributed by atoms with Gasteiger partial charge in [0.2, 0.25) is 5.91 Å². The van der Waals surface area contributed by atoms with E-state index in [2.05, 4.69) is 12.2 Å². The highest BCUT2D eigenvalue weighted by Crippen LogP contribution is 2.39. The van der Waals surface area contributed by atoms with Crippen LogP contribution in [0, 0.1) is 11.3 Å². The summed E-state index contributed by atoms with van der Waals surface area (Å²) in [4.78, 5) is 23.8. The standard InChI is InChI=1S/C16H27NO3/c1-2-7-12-10-13(12)17-14(18)11-16(15(19)20)8-5-3-4-6-9-16/h12-13H,2-11H2,1H3,(H,17,18)(H,19,20). The van der Waals surface area contributed by atoms with Gasteiger partial charge in [-0.3, -0.25) is 9.59 Å². The van der Waals surface area contributed by atoms with Crippen LogP contribution in [0.4, 0.5) is 0 Å². The Kier molecular flexibility index (Phi) is 5.06. The lowest BCUT2D eigenvalue weighted by Crippen LogP contribution is -2.38. The Labute approximate surface area is 121 Å². The Morgan fingerprint density at radius 3 is 2.40 bits per heavy atom. The van der Waals surface area contributed by atoms with Crippen molar-refractivity contribution in [1.82, 2.24) is 5.32 Å². The summed E-state index contributed by atoms with van der Waals surface area (Å²) < 4.78 is 0. The van der Waals surface area contributed by atoms with Crippen molar-refractivity contribution in [2.45, 2.75) is 77.2 Å². The van der Waals surface area contributed by atoms with Crippen LogP contribution in [0.5, 0.6) is 0 Å². The number of amides is 1. The molecule has 0 aromatic rings. The van der Waals surface area contributed by atoms with Gasteiger partial charge < -0.3 is 10.4 Å². The van der Waals surface area contributed by atoms with E-state index >= 15 is 0 Å². The lowest BCUT2D eigenvalue weighted by atomic mass is 9.77. The summed E-state index contributed by atoms with van der Waals surface area (Å²) in [6.07, 6.45) is 8.90. The molecule has 0 aliphatic heterocycles. The fraction of sp³-hybridized carbons (Fsp3) is 0.875. The first-order valence-electron chi connectivity index (χ1n) is 8.10. The summed E-state index contributed by atoms with van der Waals surface area (Å²) in [5.74, 6) is -0.216. The molecule has 2 unspecified atom stereocenters. The highest BCUT2D eigenvalue weighted by molar-refractivity contribution is 5.85. The van der Waals surface area contributed by atoms with E-state index in [9.17, 15) is 14.7 Å². The Bertz CT molecular complexity index is 359. The molecule has 0 spiro atoms. The molecule has 0 saturated heterocycles. The average molecular weight is 281 g/mol. The topological polar surface area (TPSA) is 66.4 Å². The molecule has 0 bridgehead atoms. The number of hydrogen-bond acceptors (Lipinski definition) is 2. The maximum Gasteiger partial charge on any atom is 0.310 e. The number of carboxylic acids is 1. The van der Waals surface area contributed by atoms with Crippen LogP contribution in [-0.4, -0.2) is 23.0 Å². The van der Waals surface area contributed by atoms with Gasteiger partial charge in [-0.25, -0.2) is 0 Å². The van der Waals surface area contributed by atoms with Crippen LogP contribution in [-0.2, 0) is 9.59 Å². The molecule has 2 N–H and O–H groups in total. The minimum absolute atomic E-state index is 0.0575. The van der Waals surface area contributed by atoms with Crippen LogP contribution in [0.3, 0.4) is 0 Å². The van der Waals surface area contributed by atoms with Gasteiger partial charge in [0, 0.05) is 12.5 Å². The number of carboxylic acid groups (broad SMARTS) is 1. The Hall–Kier alpha value is -1.06. The van der Waals surface area contributed by atoms with Crippen LogP contribution < -0.4 is 5.32 Å². The lowest BCUT2D eigenvalue weighted by Gasteiger charge is -2.27. The summed E-state index contributed by atoms with van der Waals surface area (Å²) in [6.45, 7) is 2.15. The lowest BCUT2D eigenvalue weighted by molar-refractivity contribution is -0.152. The molecular weight excluding hydrogens is 254 g/mol. The minimum atomic E-state index is -0.810. The molecule has 2 atom stereocenters. The third-order valence-electron chi connectivity index (χ3n) is 4.94. The molecule has 1 amide bonds. The first-order valence-corrected chi connectivity index (χ1v) is 8.10. The molecule has 0 aromatic carbocycles. The van der Waals surface area contributed by atoms with Crippen molar-refractivity contribution >= 4 is 11.9 Å². The Morgan fingerprint density at radius 2 is 1.85 bits per heavy atom. The van der Waals surface area contributed by atoms with Gasteiger partial charge >= 0.3 is 5.97 Å². The van der Waals surface area contributed by atoms with Crippen molar-refractivity contribution in [2.24, 2.45) is 11.3 Å². The minimum Gasteiger partial charge on any atom is -0.481 e. The normalized spacial score (nSPS) is 28.4. The van der Waals surface area contributed by atoms with Crippen molar-refractivity contribution in [3.63, 3.8) is 0 Å². The predicted octanol–water partition coefficient (Wildman–Crippen LogP) is 3.11. The van der Waals surface area contributed by atoms with Crippen LogP contribution >= 0.6 is 0 Å². The van der Waals surface area contributed by atoms with Gasteiger partial charge in [0.05, 0.1) is 5.41 Å². The molecule has 2 rings (SSSR count). The molecule has 4 nitrogen and oxygen atoms in total. The van der Waals surface area contributed by atoms with E-state index < -0.39 is 11.4 Å². The first-order chi connectivity index (χ1) is 9.57. The maximum atomic E-state index is 12.2. The summed E-state index contributed by atoms with van der Waals surface area (Å²) in [6, 6.07) is 0.305. The third kappa shape index (κ3) is 3.74. The van der Waals surface area contributed by atoms with E-state index in [0.29, 0.717) is 24.8 Å². The molecule has 2 aliphatic carbocycles. The predicted molar refractivity (Wildman–Crippen MR) is 77.3 cm³/mol. The van der Waals surface area contributed by atoms with Crippen molar-refractivity contribution in [3.05, 3.63) is 0 Å². The number of rotatable bonds is 6. The Morgan fingerprint density at radius 1 is 1.20 bits per heavy atom. The molecule has 0 radical (unpaired) electrons. The highest BCUT2D eigenvalue weighted by Gasteiger charge is 2.43. The molecule has 2 fully saturated rings. The van der Waals surface area contributed by atoms with Crippen LogP contribution in [0.2, 0.25) is 0 Å². The SMILES string of the molecule is CCCC1CC1NC(=O)CC1(C(=O)O)CCCCCC1. The Balaban J connectivity index is 1.88. The van der Waals surface area contributed by atoms with Crippen molar-refractivity contribution in [2.75, 3.05) is 0 Å². The smallest absolute Gasteiger partial charge is 0.310 e. The molecule has 114 valence electrons. The molecule has 2 aliphatic rings. The van der Waals surface area contributed by atoms with Gasteiger partial charge in [-0.15, -0.1) is 0 Å². The molecule has 20 heavy (non-hydrogen) atoms. The van der Waals surface area contributed by atoms with Crippen LogP contribution in [0.15, 0.2) is 0 Å². The number of nitrogens with one attached hydrogen (secondary N) is 1. The largest absolute Gasteiger partial charge is 0.481 e. The third-order valence-corrected chi connectivity index (χ3v) is 4.94. The second-order valence-electron chi connectivity index (χ2n) is 6.63. The summed E-state index contributed by atoms with van der Waals surface area (Å²) in [5.41, 5.74) is -0.810. The van der Waals surface area contributed by atoms with E-state index in [1.165, 1.54) is 0 Å². The van der Waals surface area contributed by atoms with E-state index in [1.807, 2.05) is 0 Å². The van der Waals surface area contributed by atoms with Crippen LogP contribution in [0.1, 0.15) is 71.1 Å².